The van der Waals surface area contributed by atoms with E-state index in [1.54, 1.807) is 56.7 Å². The van der Waals surface area contributed by atoms with Crippen LogP contribution >= 0.6 is 0 Å². The van der Waals surface area contributed by atoms with Crippen molar-refractivity contribution in [2.24, 2.45) is 10.2 Å². The lowest BCUT2D eigenvalue weighted by Gasteiger charge is -2.06. The number of aromatic nitrogens is 2. The number of hydrogen-bond donors (Lipinski definition) is 0. The number of halogens is 1. The van der Waals surface area contributed by atoms with Crippen LogP contribution in [0.25, 0.3) is 22.9 Å². The summed E-state index contributed by atoms with van der Waals surface area (Å²) in [5, 5.41) is 16.5. The summed E-state index contributed by atoms with van der Waals surface area (Å²) in [6.45, 7) is 0. The van der Waals surface area contributed by atoms with Gasteiger partial charge in [-0.05, 0) is 60.7 Å². The van der Waals surface area contributed by atoms with E-state index in [0.717, 1.165) is 5.56 Å². The topological polar surface area (TPSA) is 82.1 Å². The molecule has 0 amide bonds. The molecule has 4 aromatic rings. The first kappa shape index (κ1) is 19.3. The molecule has 0 fully saturated rings. The number of nitrogens with zero attached hydrogens (tertiary/aromatic N) is 4. The van der Waals surface area contributed by atoms with Crippen molar-refractivity contribution in [1.82, 2.24) is 10.2 Å². The normalized spacial score (nSPS) is 11.0. The van der Waals surface area contributed by atoms with Gasteiger partial charge in [-0.1, -0.05) is 0 Å². The molecule has 8 heteroatoms. The monoisotopic (exact) mass is 404 g/mol. The number of benzene rings is 3. The molecule has 0 saturated carbocycles. The van der Waals surface area contributed by atoms with Gasteiger partial charge in [-0.2, -0.15) is 10.2 Å². The van der Waals surface area contributed by atoms with Crippen molar-refractivity contribution < 1.29 is 18.3 Å². The minimum atomic E-state index is -0.323. The van der Waals surface area contributed by atoms with Crippen LogP contribution in [0.3, 0.4) is 0 Å². The lowest BCUT2D eigenvalue weighted by atomic mass is 10.2. The molecule has 1 heterocycles. The van der Waals surface area contributed by atoms with Crippen LogP contribution in [-0.2, 0) is 0 Å². The smallest absolute Gasteiger partial charge is 0.248 e. The Labute approximate surface area is 171 Å². The van der Waals surface area contributed by atoms with Crippen LogP contribution in [0.4, 0.5) is 15.8 Å². The molecule has 0 aliphatic heterocycles. The second-order valence-electron chi connectivity index (χ2n) is 6.21. The molecule has 0 N–H and O–H groups in total. The molecule has 0 bridgehead atoms. The molecule has 0 unspecified atom stereocenters. The highest BCUT2D eigenvalue weighted by Crippen LogP contribution is 2.32. The second-order valence-corrected chi connectivity index (χ2v) is 6.21. The number of ether oxygens (including phenoxy) is 2. The second kappa shape index (κ2) is 8.52. The fourth-order valence-corrected chi connectivity index (χ4v) is 2.72. The van der Waals surface area contributed by atoms with E-state index in [1.165, 1.54) is 12.1 Å². The summed E-state index contributed by atoms with van der Waals surface area (Å²) in [7, 11) is 3.14. The fourth-order valence-electron chi connectivity index (χ4n) is 2.72. The third kappa shape index (κ3) is 4.17. The van der Waals surface area contributed by atoms with Crippen molar-refractivity contribution in [2.45, 2.75) is 0 Å². The molecule has 0 aliphatic rings. The fraction of sp³-hybridized carbons (Fsp3) is 0.0909. The van der Waals surface area contributed by atoms with Crippen molar-refractivity contribution in [3.63, 3.8) is 0 Å². The molecule has 4 rings (SSSR count). The van der Waals surface area contributed by atoms with Gasteiger partial charge >= 0.3 is 0 Å². The van der Waals surface area contributed by atoms with Gasteiger partial charge in [-0.25, -0.2) is 4.39 Å². The van der Waals surface area contributed by atoms with E-state index < -0.39 is 0 Å². The number of azo groups is 1. The molecule has 0 spiro atoms. The minimum absolute atomic E-state index is 0.321. The third-order valence-corrected chi connectivity index (χ3v) is 4.28. The highest BCUT2D eigenvalue weighted by molar-refractivity contribution is 5.60. The summed E-state index contributed by atoms with van der Waals surface area (Å²) >= 11 is 0. The Morgan fingerprint density at radius 1 is 0.700 bits per heavy atom. The zero-order valence-electron chi connectivity index (χ0n) is 16.2. The largest absolute Gasteiger partial charge is 0.493 e. The first-order valence-electron chi connectivity index (χ1n) is 9.00. The predicted octanol–water partition coefficient (Wildman–Crippen LogP) is 5.98. The van der Waals surface area contributed by atoms with Crippen molar-refractivity contribution in [2.75, 3.05) is 14.2 Å². The molecule has 7 nitrogen and oxygen atoms in total. The van der Waals surface area contributed by atoms with Gasteiger partial charge in [-0.15, -0.1) is 10.2 Å². The maximum atomic E-state index is 13.1. The average Bonchev–Trinajstić information content (AvgIpc) is 3.28. The van der Waals surface area contributed by atoms with Crippen LogP contribution < -0.4 is 9.47 Å². The van der Waals surface area contributed by atoms with Crippen molar-refractivity contribution >= 4 is 11.4 Å². The highest BCUT2D eigenvalue weighted by atomic mass is 19.1. The maximum absolute atomic E-state index is 13.1. The Kier molecular flexibility index (Phi) is 5.47. The Morgan fingerprint density at radius 2 is 1.23 bits per heavy atom. The van der Waals surface area contributed by atoms with Gasteiger partial charge in [0.2, 0.25) is 11.8 Å². The van der Waals surface area contributed by atoms with E-state index in [-0.39, 0.29) is 5.82 Å². The van der Waals surface area contributed by atoms with E-state index in [9.17, 15) is 4.39 Å². The van der Waals surface area contributed by atoms with Gasteiger partial charge in [0.1, 0.15) is 5.82 Å². The van der Waals surface area contributed by atoms with Crippen molar-refractivity contribution in [3.05, 3.63) is 72.5 Å². The minimum Gasteiger partial charge on any atom is -0.493 e. The molecule has 30 heavy (non-hydrogen) atoms. The standard InChI is InChI=1S/C22H17FN4O3/c1-28-19-12-11-18(13-20(19)29-2)25-24-17-9-5-15(6-10-17)22-27-26-21(30-22)14-3-7-16(23)8-4-14/h3-13H,1-2H3. The molecule has 0 atom stereocenters. The van der Waals surface area contributed by atoms with Gasteiger partial charge in [0.25, 0.3) is 0 Å². The van der Waals surface area contributed by atoms with Crippen molar-refractivity contribution in [1.29, 1.82) is 0 Å². The van der Waals surface area contributed by atoms with E-state index >= 15 is 0 Å². The summed E-state index contributed by atoms with van der Waals surface area (Å²) in [5.74, 6) is 1.56. The molecular weight excluding hydrogens is 387 g/mol. The zero-order valence-corrected chi connectivity index (χ0v) is 16.2. The van der Waals surface area contributed by atoms with Gasteiger partial charge in [0.05, 0.1) is 25.6 Å². The average molecular weight is 404 g/mol. The molecular formula is C22H17FN4O3. The highest BCUT2D eigenvalue weighted by Gasteiger charge is 2.10. The lowest BCUT2D eigenvalue weighted by molar-refractivity contribution is 0.355. The molecule has 150 valence electrons. The Bertz CT molecular complexity index is 1170. The van der Waals surface area contributed by atoms with Crippen LogP contribution in [0.5, 0.6) is 11.5 Å². The number of methoxy groups -OCH3 is 2. The van der Waals surface area contributed by atoms with Crippen LogP contribution in [0, 0.1) is 5.82 Å². The first-order chi connectivity index (χ1) is 14.7. The van der Waals surface area contributed by atoms with Gasteiger partial charge < -0.3 is 13.9 Å². The summed E-state index contributed by atoms with van der Waals surface area (Å²) in [6.07, 6.45) is 0. The SMILES string of the molecule is COc1ccc(N=Nc2ccc(-c3nnc(-c4ccc(F)cc4)o3)cc2)cc1OC. The molecule has 0 radical (unpaired) electrons. The van der Waals surface area contributed by atoms with Crippen LogP contribution in [-0.4, -0.2) is 24.4 Å². The summed E-state index contributed by atoms with van der Waals surface area (Å²) in [4.78, 5) is 0. The predicted molar refractivity (Wildman–Crippen MR) is 109 cm³/mol. The molecule has 1 aromatic heterocycles. The summed E-state index contributed by atoms with van der Waals surface area (Å²) in [6, 6.07) is 18.4. The van der Waals surface area contributed by atoms with E-state index in [0.29, 0.717) is 40.2 Å². The summed E-state index contributed by atoms with van der Waals surface area (Å²) in [5.41, 5.74) is 2.68. The Balaban J connectivity index is 1.49. The Hall–Kier alpha value is -4.07. The quantitative estimate of drug-likeness (QED) is 0.370. The maximum Gasteiger partial charge on any atom is 0.248 e. The van der Waals surface area contributed by atoms with Crippen LogP contribution in [0.1, 0.15) is 0 Å². The van der Waals surface area contributed by atoms with Gasteiger partial charge in [0.15, 0.2) is 11.5 Å². The summed E-state index contributed by atoms with van der Waals surface area (Å²) < 4.78 is 29.2. The van der Waals surface area contributed by atoms with E-state index in [2.05, 4.69) is 20.4 Å². The van der Waals surface area contributed by atoms with E-state index in [1.807, 2.05) is 12.1 Å². The molecule has 0 saturated heterocycles. The Morgan fingerprint density at radius 3 is 1.83 bits per heavy atom. The van der Waals surface area contributed by atoms with Gasteiger partial charge in [-0.3, -0.25) is 0 Å². The lowest BCUT2D eigenvalue weighted by Crippen LogP contribution is -1.89. The zero-order chi connectivity index (χ0) is 20.9. The molecule has 3 aromatic carbocycles. The van der Waals surface area contributed by atoms with Crippen LogP contribution in [0.15, 0.2) is 81.4 Å². The van der Waals surface area contributed by atoms with E-state index in [4.69, 9.17) is 13.9 Å². The number of rotatable bonds is 6. The van der Waals surface area contributed by atoms with Crippen molar-refractivity contribution in [3.8, 4) is 34.4 Å². The van der Waals surface area contributed by atoms with Crippen LogP contribution in [0.2, 0.25) is 0 Å². The molecule has 0 aliphatic carbocycles. The number of hydrogen-bond acceptors (Lipinski definition) is 7. The first-order valence-corrected chi connectivity index (χ1v) is 9.00. The van der Waals surface area contributed by atoms with Gasteiger partial charge in [0, 0.05) is 17.2 Å². The third-order valence-electron chi connectivity index (χ3n) is 4.28.